The summed E-state index contributed by atoms with van der Waals surface area (Å²) in [6.45, 7) is 4.80. The third-order valence-corrected chi connectivity index (χ3v) is 6.50. The van der Waals surface area contributed by atoms with E-state index in [1.807, 2.05) is 19.9 Å². The Balaban J connectivity index is 1.92. The first-order valence-corrected chi connectivity index (χ1v) is 9.08. The fourth-order valence-corrected chi connectivity index (χ4v) is 4.63. The van der Waals surface area contributed by atoms with Crippen LogP contribution in [-0.4, -0.2) is 36.9 Å². The van der Waals surface area contributed by atoms with Crippen LogP contribution in [-0.2, 0) is 21.5 Å². The normalized spacial score (nSPS) is 18.0. The van der Waals surface area contributed by atoms with Gasteiger partial charge in [-0.25, -0.2) is 0 Å². The maximum atomic E-state index is 12.2. The number of nitrogens with one attached hydrogen (secondary N) is 1. The zero-order valence-electron chi connectivity index (χ0n) is 12.1. The van der Waals surface area contributed by atoms with E-state index in [9.17, 15) is 13.2 Å². The van der Waals surface area contributed by atoms with Gasteiger partial charge in [0.15, 0.2) is 0 Å². The predicted molar refractivity (Wildman–Crippen MR) is 81.5 cm³/mol. The smallest absolute Gasteiger partial charge is 0.306 e. The fourth-order valence-electron chi connectivity index (χ4n) is 2.33. The Morgan fingerprint density at radius 2 is 2.05 bits per heavy atom. The molecule has 0 amide bonds. The molecule has 1 aromatic heterocycles. The number of nitrogens with zero attached hydrogens (tertiary/aromatic N) is 1. The van der Waals surface area contributed by atoms with Crippen molar-refractivity contribution >= 4 is 27.5 Å². The Morgan fingerprint density at radius 3 is 2.52 bits per heavy atom. The second-order valence-corrected chi connectivity index (χ2v) is 8.39. The molecule has 0 atom stereocenters. The second-order valence-electron chi connectivity index (χ2n) is 5.29. The minimum absolute atomic E-state index is 0.259. The maximum Gasteiger partial charge on any atom is 0.306 e. The van der Waals surface area contributed by atoms with E-state index in [1.54, 1.807) is 11.3 Å². The number of hydrogen-bond acceptors (Lipinski definition) is 4. The molecule has 0 aliphatic carbocycles. The van der Waals surface area contributed by atoms with Crippen LogP contribution < -0.4 is 4.72 Å². The van der Waals surface area contributed by atoms with Crippen LogP contribution in [0, 0.1) is 19.8 Å². The van der Waals surface area contributed by atoms with Gasteiger partial charge in [-0.1, -0.05) is 0 Å². The summed E-state index contributed by atoms with van der Waals surface area (Å²) in [6, 6.07) is 1.99. The highest BCUT2D eigenvalue weighted by molar-refractivity contribution is 7.87. The summed E-state index contributed by atoms with van der Waals surface area (Å²) < 4.78 is 28.3. The Kier molecular flexibility index (Phi) is 5.03. The first-order chi connectivity index (χ1) is 9.79. The van der Waals surface area contributed by atoms with Crippen LogP contribution in [0.4, 0.5) is 0 Å². The molecule has 0 bridgehead atoms. The van der Waals surface area contributed by atoms with Gasteiger partial charge in [-0.15, -0.1) is 11.3 Å². The molecule has 1 aliphatic heterocycles. The first kappa shape index (κ1) is 16.4. The summed E-state index contributed by atoms with van der Waals surface area (Å²) in [4.78, 5) is 13.0. The highest BCUT2D eigenvalue weighted by Crippen LogP contribution is 2.22. The number of carbonyl (C=O) groups is 1. The Morgan fingerprint density at radius 1 is 1.43 bits per heavy atom. The minimum Gasteiger partial charge on any atom is -0.481 e. The average molecular weight is 332 g/mol. The van der Waals surface area contributed by atoms with Gasteiger partial charge in [0.25, 0.3) is 10.2 Å². The third kappa shape index (κ3) is 4.03. The van der Waals surface area contributed by atoms with Gasteiger partial charge in [0.1, 0.15) is 0 Å². The molecule has 1 aliphatic rings. The largest absolute Gasteiger partial charge is 0.481 e. The Bertz CT molecular complexity index is 597. The van der Waals surface area contributed by atoms with E-state index < -0.39 is 22.1 Å². The van der Waals surface area contributed by atoms with Crippen molar-refractivity contribution in [1.29, 1.82) is 0 Å². The van der Waals surface area contributed by atoms with Crippen LogP contribution in [0.5, 0.6) is 0 Å². The molecule has 2 heterocycles. The highest BCUT2D eigenvalue weighted by atomic mass is 32.2. The minimum atomic E-state index is -3.54. The van der Waals surface area contributed by atoms with Gasteiger partial charge in [-0.2, -0.15) is 17.4 Å². The molecular formula is C13H20N2O4S2. The summed E-state index contributed by atoms with van der Waals surface area (Å²) in [5.74, 6) is -1.27. The van der Waals surface area contributed by atoms with Crippen LogP contribution in [0.3, 0.4) is 0 Å². The van der Waals surface area contributed by atoms with Crippen molar-refractivity contribution in [3.8, 4) is 0 Å². The van der Waals surface area contributed by atoms with Crippen LogP contribution >= 0.6 is 11.3 Å². The zero-order chi connectivity index (χ0) is 15.6. The molecule has 1 fully saturated rings. The van der Waals surface area contributed by atoms with Crippen molar-refractivity contribution < 1.29 is 18.3 Å². The Hall–Kier alpha value is -0.960. The number of carboxylic acids is 1. The molecule has 8 heteroatoms. The molecule has 6 nitrogen and oxygen atoms in total. The summed E-state index contributed by atoms with van der Waals surface area (Å²) in [5, 5.41) is 8.93. The summed E-state index contributed by atoms with van der Waals surface area (Å²) in [6.07, 6.45) is 0.737. The number of hydrogen-bond donors (Lipinski definition) is 2. The van der Waals surface area contributed by atoms with Gasteiger partial charge < -0.3 is 5.11 Å². The lowest BCUT2D eigenvalue weighted by Gasteiger charge is -2.29. The van der Waals surface area contributed by atoms with Gasteiger partial charge in [0.05, 0.1) is 5.92 Å². The summed E-state index contributed by atoms with van der Waals surface area (Å²) >= 11 is 1.58. The first-order valence-electron chi connectivity index (χ1n) is 6.83. The van der Waals surface area contributed by atoms with Crippen molar-refractivity contribution in [2.75, 3.05) is 13.1 Å². The van der Waals surface area contributed by atoms with Gasteiger partial charge in [-0.3, -0.25) is 4.79 Å². The van der Waals surface area contributed by atoms with Crippen molar-refractivity contribution in [2.24, 2.45) is 5.92 Å². The average Bonchev–Trinajstić information content (AvgIpc) is 2.76. The van der Waals surface area contributed by atoms with Crippen molar-refractivity contribution in [3.05, 3.63) is 21.4 Å². The van der Waals surface area contributed by atoms with Crippen LogP contribution in [0.15, 0.2) is 6.07 Å². The lowest BCUT2D eigenvalue weighted by Crippen LogP contribution is -2.45. The number of piperidine rings is 1. The molecule has 0 radical (unpaired) electrons. The fraction of sp³-hybridized carbons (Fsp3) is 0.615. The Labute approximate surface area is 129 Å². The number of rotatable bonds is 5. The second kappa shape index (κ2) is 6.43. The molecule has 0 unspecified atom stereocenters. The molecule has 0 aromatic carbocycles. The van der Waals surface area contributed by atoms with E-state index in [4.69, 9.17) is 5.11 Å². The van der Waals surface area contributed by atoms with Crippen LogP contribution in [0.1, 0.15) is 28.2 Å². The van der Waals surface area contributed by atoms with E-state index >= 15 is 0 Å². The van der Waals surface area contributed by atoms with Crippen molar-refractivity contribution in [3.63, 3.8) is 0 Å². The monoisotopic (exact) mass is 332 g/mol. The number of aliphatic carboxylic acids is 1. The zero-order valence-corrected chi connectivity index (χ0v) is 13.8. The molecule has 0 spiro atoms. The lowest BCUT2D eigenvalue weighted by molar-refractivity contribution is -0.142. The molecule has 0 saturated carbocycles. The van der Waals surface area contributed by atoms with Crippen LogP contribution in [0.2, 0.25) is 0 Å². The van der Waals surface area contributed by atoms with Crippen molar-refractivity contribution in [2.45, 2.75) is 33.2 Å². The standard InChI is InChI=1S/C13H20N2O4S2/c1-9-7-12(20-10(9)2)8-14-21(18,19)15-5-3-11(4-6-15)13(16)17/h7,11,14H,3-6,8H2,1-2H3,(H,16,17). The van der Waals surface area contributed by atoms with E-state index in [2.05, 4.69) is 4.72 Å². The predicted octanol–water partition coefficient (Wildman–Crippen LogP) is 1.50. The SMILES string of the molecule is Cc1cc(CNS(=O)(=O)N2CCC(C(=O)O)CC2)sc1C. The van der Waals surface area contributed by atoms with E-state index in [1.165, 1.54) is 9.18 Å². The molecule has 1 saturated heterocycles. The van der Waals surface area contributed by atoms with Crippen LogP contribution in [0.25, 0.3) is 0 Å². The van der Waals surface area contributed by atoms with Gasteiger partial charge in [0.2, 0.25) is 0 Å². The number of carboxylic acid groups (broad SMARTS) is 1. The third-order valence-electron chi connectivity index (χ3n) is 3.79. The molecule has 118 valence electrons. The summed E-state index contributed by atoms with van der Waals surface area (Å²) in [5.41, 5.74) is 1.16. The number of aryl methyl sites for hydroxylation is 2. The topological polar surface area (TPSA) is 86.7 Å². The van der Waals surface area contributed by atoms with Crippen molar-refractivity contribution in [1.82, 2.24) is 9.03 Å². The van der Waals surface area contributed by atoms with Gasteiger partial charge in [-0.05, 0) is 38.3 Å². The molecule has 2 N–H and O–H groups in total. The summed E-state index contributed by atoms with van der Waals surface area (Å²) in [7, 11) is -3.54. The molecule has 21 heavy (non-hydrogen) atoms. The quantitative estimate of drug-likeness (QED) is 0.855. The molecule has 2 rings (SSSR count). The van der Waals surface area contributed by atoms with E-state index in [0.29, 0.717) is 12.8 Å². The molecular weight excluding hydrogens is 312 g/mol. The van der Waals surface area contributed by atoms with Gasteiger partial charge >= 0.3 is 5.97 Å². The van der Waals surface area contributed by atoms with E-state index in [0.717, 1.165) is 10.4 Å². The molecule has 1 aromatic rings. The lowest BCUT2D eigenvalue weighted by atomic mass is 9.99. The van der Waals surface area contributed by atoms with Gasteiger partial charge in [0, 0.05) is 29.4 Å². The maximum absolute atomic E-state index is 12.2. The highest BCUT2D eigenvalue weighted by Gasteiger charge is 2.30. The van der Waals surface area contributed by atoms with E-state index in [-0.39, 0.29) is 19.6 Å². The number of thiophene rings is 1.